The average Bonchev–Trinajstić information content (AvgIpc) is 3.51. The fourth-order valence-corrected chi connectivity index (χ4v) is 6.94. The minimum absolute atomic E-state index is 0.0577. The van der Waals surface area contributed by atoms with Gasteiger partial charge in [-0.05, 0) is 53.6 Å². The second kappa shape index (κ2) is 14.6. The number of sulfonamides is 1. The van der Waals surface area contributed by atoms with E-state index >= 15 is 0 Å². The van der Waals surface area contributed by atoms with Gasteiger partial charge < -0.3 is 14.8 Å². The second-order valence-electron chi connectivity index (χ2n) is 10.7. The third-order valence-electron chi connectivity index (χ3n) is 7.66. The summed E-state index contributed by atoms with van der Waals surface area (Å²) in [7, 11) is -3.83. The first-order valence-corrected chi connectivity index (χ1v) is 16.6. The molecule has 8 nitrogen and oxygen atoms in total. The van der Waals surface area contributed by atoms with Gasteiger partial charge in [-0.15, -0.1) is 0 Å². The average molecular weight is 644 g/mol. The second-order valence-corrected chi connectivity index (χ2v) is 13.0. The van der Waals surface area contributed by atoms with Gasteiger partial charge in [0.25, 0.3) is 0 Å². The number of ether oxygens (including phenoxy) is 1. The van der Waals surface area contributed by atoms with Crippen molar-refractivity contribution in [3.8, 4) is 0 Å². The highest BCUT2D eigenvalue weighted by Crippen LogP contribution is 2.43. The van der Waals surface area contributed by atoms with Crippen molar-refractivity contribution in [1.82, 2.24) is 14.7 Å². The molecule has 0 radical (unpaired) electrons. The predicted molar refractivity (Wildman–Crippen MR) is 175 cm³/mol. The van der Waals surface area contributed by atoms with Crippen LogP contribution in [-0.2, 0) is 33.1 Å². The van der Waals surface area contributed by atoms with Crippen LogP contribution in [0.25, 0.3) is 0 Å². The van der Waals surface area contributed by atoms with Gasteiger partial charge in [0, 0.05) is 23.5 Å². The van der Waals surface area contributed by atoms with Crippen molar-refractivity contribution in [2.24, 2.45) is 0 Å². The highest BCUT2D eigenvalue weighted by atomic mass is 35.5. The number of aromatic nitrogens is 2. The Labute approximate surface area is 268 Å². The van der Waals surface area contributed by atoms with Crippen LogP contribution in [0.4, 0.5) is 4.79 Å². The van der Waals surface area contributed by atoms with Crippen LogP contribution in [0, 0.1) is 0 Å². The van der Waals surface area contributed by atoms with Crippen molar-refractivity contribution in [2.45, 2.75) is 37.3 Å². The maximum absolute atomic E-state index is 12.8. The SMILES string of the molecule is O=C(O)OC(CCCc1cnc(C(c2ccccc2)(c2ccccc2)c2ccccc2)[nH]1)CS(=O)(=O)NCc1ccc(Cl)cc1. The van der Waals surface area contributed by atoms with E-state index in [9.17, 15) is 18.3 Å². The number of benzene rings is 4. The molecule has 0 saturated carbocycles. The zero-order chi connectivity index (χ0) is 31.7. The van der Waals surface area contributed by atoms with Crippen LogP contribution in [0.1, 0.15) is 46.6 Å². The summed E-state index contributed by atoms with van der Waals surface area (Å²) in [6.07, 6.45) is 0.431. The molecule has 1 aromatic heterocycles. The zero-order valence-electron chi connectivity index (χ0n) is 24.5. The Morgan fingerprint density at radius 3 is 1.91 bits per heavy atom. The molecule has 4 aromatic carbocycles. The van der Waals surface area contributed by atoms with Crippen LogP contribution >= 0.6 is 11.6 Å². The Morgan fingerprint density at radius 2 is 1.40 bits per heavy atom. The van der Waals surface area contributed by atoms with Crippen molar-refractivity contribution in [3.63, 3.8) is 0 Å². The number of hydrogen-bond acceptors (Lipinski definition) is 5. The maximum atomic E-state index is 12.8. The van der Waals surface area contributed by atoms with E-state index in [0.717, 1.165) is 33.8 Å². The lowest BCUT2D eigenvalue weighted by Crippen LogP contribution is -2.34. The molecule has 1 heterocycles. The molecule has 0 saturated heterocycles. The zero-order valence-corrected chi connectivity index (χ0v) is 26.0. The molecule has 0 spiro atoms. The van der Waals surface area contributed by atoms with Crippen LogP contribution in [0.15, 0.2) is 121 Å². The molecule has 5 aromatic rings. The van der Waals surface area contributed by atoms with Gasteiger partial charge in [0.05, 0.1) is 0 Å². The minimum atomic E-state index is -3.83. The molecule has 3 N–H and O–H groups in total. The summed E-state index contributed by atoms with van der Waals surface area (Å²) in [6, 6.07) is 37.4. The molecule has 0 aliphatic heterocycles. The van der Waals surface area contributed by atoms with E-state index in [1.807, 2.05) is 54.6 Å². The Morgan fingerprint density at radius 1 is 0.867 bits per heavy atom. The summed E-state index contributed by atoms with van der Waals surface area (Å²) in [5, 5.41) is 9.83. The van der Waals surface area contributed by atoms with Crippen molar-refractivity contribution >= 4 is 27.8 Å². The molecule has 1 unspecified atom stereocenters. The number of rotatable bonds is 14. The van der Waals surface area contributed by atoms with Crippen molar-refractivity contribution in [2.75, 3.05) is 5.75 Å². The molecular formula is C35H34ClN3O5S. The molecule has 0 bridgehead atoms. The number of H-pyrrole nitrogens is 1. The van der Waals surface area contributed by atoms with E-state index in [1.54, 1.807) is 30.5 Å². The van der Waals surface area contributed by atoms with Crippen LogP contribution in [0.3, 0.4) is 0 Å². The van der Waals surface area contributed by atoms with E-state index in [-0.39, 0.29) is 13.0 Å². The van der Waals surface area contributed by atoms with E-state index in [0.29, 0.717) is 17.9 Å². The Hall–Kier alpha value is -4.44. The summed E-state index contributed by atoms with van der Waals surface area (Å²) in [6.45, 7) is 0.0577. The van der Waals surface area contributed by atoms with Crippen molar-refractivity contribution < 1.29 is 23.1 Å². The first-order valence-electron chi connectivity index (χ1n) is 14.6. The fraction of sp³-hybridized carbons (Fsp3) is 0.200. The topological polar surface area (TPSA) is 121 Å². The highest BCUT2D eigenvalue weighted by Gasteiger charge is 2.40. The van der Waals surface area contributed by atoms with E-state index in [4.69, 9.17) is 21.3 Å². The molecule has 0 aliphatic carbocycles. The first-order chi connectivity index (χ1) is 21.8. The van der Waals surface area contributed by atoms with Gasteiger partial charge in [0.15, 0.2) is 0 Å². The number of hydrogen-bond donors (Lipinski definition) is 3. The summed E-state index contributed by atoms with van der Waals surface area (Å²) < 4.78 is 33.1. The lowest BCUT2D eigenvalue weighted by molar-refractivity contribution is 0.0562. The molecule has 10 heteroatoms. The van der Waals surface area contributed by atoms with Crippen LogP contribution in [-0.4, -0.2) is 41.5 Å². The van der Waals surface area contributed by atoms with Gasteiger partial charge in [-0.2, -0.15) is 0 Å². The van der Waals surface area contributed by atoms with Crippen LogP contribution in [0.5, 0.6) is 0 Å². The number of halogens is 1. The van der Waals surface area contributed by atoms with Crippen LogP contribution < -0.4 is 4.72 Å². The fourth-order valence-electron chi connectivity index (χ4n) is 5.59. The number of carbonyl (C=O) groups is 1. The predicted octanol–water partition coefficient (Wildman–Crippen LogP) is 6.95. The molecule has 232 valence electrons. The Bertz CT molecular complexity index is 1690. The quantitative estimate of drug-likeness (QED) is 0.0889. The van der Waals surface area contributed by atoms with Crippen LogP contribution in [0.2, 0.25) is 5.02 Å². The number of aromatic amines is 1. The molecule has 0 amide bonds. The number of carboxylic acid groups (broad SMARTS) is 1. The van der Waals surface area contributed by atoms with E-state index in [2.05, 4.69) is 46.1 Å². The van der Waals surface area contributed by atoms with Gasteiger partial charge in [-0.3, -0.25) is 0 Å². The molecule has 45 heavy (non-hydrogen) atoms. The van der Waals surface area contributed by atoms with Gasteiger partial charge >= 0.3 is 6.16 Å². The van der Waals surface area contributed by atoms with Gasteiger partial charge in [-0.25, -0.2) is 22.9 Å². The Balaban J connectivity index is 1.34. The van der Waals surface area contributed by atoms with Gasteiger partial charge in [-0.1, -0.05) is 115 Å². The molecule has 0 fully saturated rings. The maximum Gasteiger partial charge on any atom is 0.506 e. The molecule has 0 aliphatic rings. The van der Waals surface area contributed by atoms with Crippen molar-refractivity contribution in [1.29, 1.82) is 0 Å². The smallest absolute Gasteiger partial charge is 0.450 e. The van der Waals surface area contributed by atoms with Gasteiger partial charge in [0.1, 0.15) is 23.1 Å². The number of imidazole rings is 1. The Kier molecular flexibility index (Phi) is 10.3. The first kappa shape index (κ1) is 32.0. The third-order valence-corrected chi connectivity index (χ3v) is 9.31. The van der Waals surface area contributed by atoms with Crippen molar-refractivity contribution in [3.05, 3.63) is 160 Å². The van der Waals surface area contributed by atoms with E-state index < -0.39 is 33.5 Å². The minimum Gasteiger partial charge on any atom is -0.450 e. The van der Waals surface area contributed by atoms with E-state index in [1.165, 1.54) is 0 Å². The standard InChI is InChI=1S/C35H34ClN3O5S/c36-30-21-19-26(20-22-30)23-38-45(42,43)25-32(44-34(40)41)18-10-17-31-24-37-33(39-31)35(27-11-4-1-5-12-27,28-13-6-2-7-14-28)29-15-8-3-9-16-29/h1-9,11-16,19-22,24,32,38H,10,17-18,23,25H2,(H,37,39)(H,40,41). The number of aryl methyl sites for hydroxylation is 1. The lowest BCUT2D eigenvalue weighted by Gasteiger charge is -2.34. The summed E-state index contributed by atoms with van der Waals surface area (Å²) in [4.78, 5) is 19.8. The number of nitrogens with zero attached hydrogens (tertiary/aromatic N) is 1. The molecular weight excluding hydrogens is 610 g/mol. The monoisotopic (exact) mass is 643 g/mol. The lowest BCUT2D eigenvalue weighted by atomic mass is 9.69. The summed E-state index contributed by atoms with van der Waals surface area (Å²) >= 11 is 5.90. The highest BCUT2D eigenvalue weighted by molar-refractivity contribution is 7.89. The third kappa shape index (κ3) is 7.99. The summed E-state index contributed by atoms with van der Waals surface area (Å²) in [5.74, 6) is 0.258. The normalized spacial score (nSPS) is 12.5. The molecule has 1 atom stereocenters. The summed E-state index contributed by atoms with van der Waals surface area (Å²) in [5.41, 5.74) is 4.00. The number of nitrogens with one attached hydrogen (secondary N) is 2. The largest absolute Gasteiger partial charge is 0.506 e. The molecule has 5 rings (SSSR count). The van der Waals surface area contributed by atoms with Gasteiger partial charge in [0.2, 0.25) is 10.0 Å².